The second-order valence-corrected chi connectivity index (χ2v) is 11.8. The van der Waals surface area contributed by atoms with E-state index in [-0.39, 0.29) is 23.0 Å². The maximum absolute atomic E-state index is 13.2. The summed E-state index contributed by atoms with van der Waals surface area (Å²) in [6.07, 6.45) is 1.61. The summed E-state index contributed by atoms with van der Waals surface area (Å²) in [5, 5.41) is 25.2. The van der Waals surface area contributed by atoms with Crippen LogP contribution >= 0.6 is 34.4 Å². The minimum absolute atomic E-state index is 0.0393. The second-order valence-electron chi connectivity index (χ2n) is 9.10. The number of nitrogens with zero attached hydrogens (tertiary/aromatic N) is 2. The lowest BCUT2D eigenvalue weighted by Crippen LogP contribution is -2.30. The summed E-state index contributed by atoms with van der Waals surface area (Å²) in [5.41, 5.74) is 2.85. The molecule has 0 aliphatic carbocycles. The number of nitro groups is 1. The van der Waals surface area contributed by atoms with E-state index in [1.54, 1.807) is 72.1 Å². The Labute approximate surface area is 264 Å². The smallest absolute Gasteiger partial charge is 0.272 e. The third-order valence-electron chi connectivity index (χ3n) is 5.95. The lowest BCUT2D eigenvalue weighted by atomic mass is 10.1. The topological polar surface area (TPSA) is 143 Å². The molecule has 0 unspecified atom stereocenters. The third-order valence-corrected chi connectivity index (χ3v) is 8.40. The summed E-state index contributed by atoms with van der Waals surface area (Å²) in [4.78, 5) is 54.4. The minimum atomic E-state index is -0.497. The molecule has 0 radical (unpaired) electrons. The van der Waals surface area contributed by atoms with Crippen LogP contribution in [0.2, 0.25) is 0 Å². The van der Waals surface area contributed by atoms with Crippen LogP contribution < -0.4 is 16.0 Å². The molecule has 0 bridgehead atoms. The van der Waals surface area contributed by atoms with Crippen molar-refractivity contribution in [1.29, 1.82) is 0 Å². The molecule has 0 atom stereocenters. The van der Waals surface area contributed by atoms with Crippen molar-refractivity contribution in [2.75, 3.05) is 16.4 Å². The van der Waals surface area contributed by atoms with Crippen LogP contribution in [0.15, 0.2) is 112 Å². The Morgan fingerprint density at radius 1 is 0.932 bits per heavy atom. The predicted octanol–water partition coefficient (Wildman–Crippen LogP) is 6.92. The molecule has 2 aromatic heterocycles. The van der Waals surface area contributed by atoms with Crippen molar-refractivity contribution in [3.63, 3.8) is 0 Å². The van der Waals surface area contributed by atoms with E-state index in [4.69, 9.17) is 0 Å². The average molecular weight is 642 g/mol. The molecule has 0 fully saturated rings. The number of anilines is 2. The molecule has 10 nitrogen and oxygen atoms in total. The Balaban J connectivity index is 1.19. The van der Waals surface area contributed by atoms with Crippen molar-refractivity contribution >= 4 is 74.7 Å². The van der Waals surface area contributed by atoms with E-state index in [9.17, 15) is 24.5 Å². The van der Waals surface area contributed by atoms with Gasteiger partial charge in [-0.05, 0) is 58.8 Å². The van der Waals surface area contributed by atoms with Gasteiger partial charge in [-0.15, -0.1) is 23.1 Å². The summed E-state index contributed by atoms with van der Waals surface area (Å²) in [5.74, 6) is -1.10. The molecule has 44 heavy (non-hydrogen) atoms. The molecule has 2 heterocycles. The number of benzene rings is 3. The van der Waals surface area contributed by atoms with E-state index in [1.165, 1.54) is 46.6 Å². The number of aromatic nitrogens is 1. The first-order valence-corrected chi connectivity index (χ1v) is 15.8. The van der Waals surface area contributed by atoms with Crippen LogP contribution in [0.3, 0.4) is 0 Å². The Hall–Kier alpha value is -5.11. The van der Waals surface area contributed by atoms with Gasteiger partial charge in [-0.1, -0.05) is 36.4 Å². The number of carbonyl (C=O) groups is 3. The Bertz CT molecular complexity index is 1840. The molecule has 220 valence electrons. The number of thioether (sulfide) groups is 1. The second kappa shape index (κ2) is 14.4. The van der Waals surface area contributed by atoms with Crippen LogP contribution in [-0.2, 0) is 9.59 Å². The van der Waals surface area contributed by atoms with E-state index in [1.807, 2.05) is 22.9 Å². The van der Waals surface area contributed by atoms with Crippen molar-refractivity contribution in [3.8, 4) is 11.3 Å². The summed E-state index contributed by atoms with van der Waals surface area (Å²) in [6.45, 7) is 0. The molecule has 0 aliphatic rings. The van der Waals surface area contributed by atoms with Crippen LogP contribution in [0.1, 0.15) is 15.9 Å². The van der Waals surface area contributed by atoms with Gasteiger partial charge in [0.25, 0.3) is 17.5 Å². The molecule has 5 aromatic rings. The van der Waals surface area contributed by atoms with Gasteiger partial charge < -0.3 is 16.0 Å². The zero-order chi connectivity index (χ0) is 30.9. The van der Waals surface area contributed by atoms with Crippen LogP contribution in [0.5, 0.6) is 0 Å². The molecular formula is C31H23N5O5S3. The zero-order valence-electron chi connectivity index (χ0n) is 22.8. The molecule has 3 amide bonds. The van der Waals surface area contributed by atoms with E-state index in [0.29, 0.717) is 27.6 Å². The van der Waals surface area contributed by atoms with Crippen LogP contribution in [0.4, 0.5) is 16.5 Å². The number of nitro benzene ring substituents is 1. The standard InChI is InChI=1S/C31H23N5O5S3/c37-28(35-31-34-27(18-44-31)22-8-4-10-24(15-22)36(40)41)19-43-25-11-5-9-23(16-25)32-30(39)26(14-20-12-13-42-17-20)33-29(38)21-6-2-1-3-7-21/h1-18H,19H2,(H,32,39)(H,33,38)(H,34,35,37)/b26-14-. The Kier molecular flexibility index (Phi) is 9.92. The first-order chi connectivity index (χ1) is 21.3. The maximum Gasteiger partial charge on any atom is 0.272 e. The van der Waals surface area contributed by atoms with Gasteiger partial charge in [-0.3, -0.25) is 24.5 Å². The van der Waals surface area contributed by atoms with Gasteiger partial charge in [0.2, 0.25) is 5.91 Å². The number of non-ortho nitro benzene ring substituents is 1. The maximum atomic E-state index is 13.2. The molecule has 0 saturated carbocycles. The number of rotatable bonds is 11. The fourth-order valence-electron chi connectivity index (χ4n) is 3.88. The van der Waals surface area contributed by atoms with Gasteiger partial charge in [-0.2, -0.15) is 11.3 Å². The molecule has 0 aliphatic heterocycles. The lowest BCUT2D eigenvalue weighted by Gasteiger charge is -2.12. The summed E-state index contributed by atoms with van der Waals surface area (Å²) in [6, 6.07) is 23.6. The van der Waals surface area contributed by atoms with Crippen molar-refractivity contribution in [2.45, 2.75) is 4.90 Å². The highest BCUT2D eigenvalue weighted by Gasteiger charge is 2.16. The van der Waals surface area contributed by atoms with E-state index in [0.717, 1.165) is 10.5 Å². The third kappa shape index (κ3) is 8.25. The van der Waals surface area contributed by atoms with Crippen LogP contribution in [0, 0.1) is 10.1 Å². The number of thiazole rings is 1. The molecule has 13 heteroatoms. The molecule has 3 aromatic carbocycles. The number of nitrogens with one attached hydrogen (secondary N) is 3. The van der Waals surface area contributed by atoms with Crippen molar-refractivity contribution in [2.24, 2.45) is 0 Å². The van der Waals surface area contributed by atoms with Gasteiger partial charge in [0.1, 0.15) is 5.70 Å². The number of amides is 3. The number of thiophene rings is 1. The lowest BCUT2D eigenvalue weighted by molar-refractivity contribution is -0.384. The number of hydrogen-bond acceptors (Lipinski definition) is 9. The normalized spacial score (nSPS) is 11.0. The molecule has 5 rings (SSSR count). The van der Waals surface area contributed by atoms with Gasteiger partial charge >= 0.3 is 0 Å². The minimum Gasteiger partial charge on any atom is -0.321 e. The molecule has 0 saturated heterocycles. The fourth-order valence-corrected chi connectivity index (χ4v) is 5.98. The van der Waals surface area contributed by atoms with Crippen LogP contribution in [0.25, 0.3) is 17.3 Å². The van der Waals surface area contributed by atoms with Crippen LogP contribution in [-0.4, -0.2) is 33.4 Å². The average Bonchev–Trinajstić information content (AvgIpc) is 3.73. The van der Waals surface area contributed by atoms with Gasteiger partial charge in [0.05, 0.1) is 16.4 Å². The largest absolute Gasteiger partial charge is 0.321 e. The fraction of sp³-hybridized carbons (Fsp3) is 0.0323. The first kappa shape index (κ1) is 30.4. The molecule has 0 spiro atoms. The predicted molar refractivity (Wildman–Crippen MR) is 175 cm³/mol. The Morgan fingerprint density at radius 2 is 1.75 bits per heavy atom. The molecular weight excluding hydrogens is 619 g/mol. The summed E-state index contributed by atoms with van der Waals surface area (Å²) in [7, 11) is 0. The Morgan fingerprint density at radius 3 is 2.52 bits per heavy atom. The van der Waals surface area contributed by atoms with Crippen molar-refractivity contribution in [1.82, 2.24) is 10.3 Å². The van der Waals surface area contributed by atoms with E-state index in [2.05, 4.69) is 20.9 Å². The number of carbonyl (C=O) groups excluding carboxylic acids is 3. The monoisotopic (exact) mass is 641 g/mol. The first-order valence-electron chi connectivity index (χ1n) is 13.0. The van der Waals surface area contributed by atoms with Crippen molar-refractivity contribution < 1.29 is 19.3 Å². The van der Waals surface area contributed by atoms with Crippen molar-refractivity contribution in [3.05, 3.63) is 128 Å². The van der Waals surface area contributed by atoms with Gasteiger partial charge in [0.15, 0.2) is 5.13 Å². The highest BCUT2D eigenvalue weighted by atomic mass is 32.2. The van der Waals surface area contributed by atoms with E-state index < -0.39 is 16.7 Å². The zero-order valence-corrected chi connectivity index (χ0v) is 25.2. The van der Waals surface area contributed by atoms with Gasteiger partial charge in [0, 0.05) is 39.2 Å². The number of hydrogen-bond donors (Lipinski definition) is 3. The highest BCUT2D eigenvalue weighted by molar-refractivity contribution is 8.00. The van der Waals surface area contributed by atoms with E-state index >= 15 is 0 Å². The molecule has 3 N–H and O–H groups in total. The summed E-state index contributed by atoms with van der Waals surface area (Å²) >= 11 is 3.97. The summed E-state index contributed by atoms with van der Waals surface area (Å²) < 4.78 is 0. The van der Waals surface area contributed by atoms with Gasteiger partial charge in [-0.25, -0.2) is 4.98 Å². The quantitative estimate of drug-likeness (QED) is 0.0615. The SMILES string of the molecule is O=C(CSc1cccc(NC(=O)/C(=C/c2ccsc2)NC(=O)c2ccccc2)c1)Nc1nc(-c2cccc([N+](=O)[O-])c2)cs1. The highest BCUT2D eigenvalue weighted by Crippen LogP contribution is 2.28.